The number of aryl methyl sites for hydroxylation is 2. The van der Waals surface area contributed by atoms with Gasteiger partial charge in [0.1, 0.15) is 0 Å². The minimum atomic E-state index is -0.176. The zero-order valence-corrected chi connectivity index (χ0v) is 13.3. The molecule has 1 amide bonds. The first-order valence-electron chi connectivity index (χ1n) is 7.17. The molecule has 0 spiro atoms. The molecule has 0 saturated carbocycles. The second kappa shape index (κ2) is 6.15. The van der Waals surface area contributed by atoms with E-state index in [1.54, 1.807) is 17.6 Å². The van der Waals surface area contributed by atoms with Gasteiger partial charge in [-0.25, -0.2) is 5.43 Å². The molecule has 0 aliphatic carbocycles. The number of hydrazone groups is 1. The Morgan fingerprint density at radius 3 is 3.00 bits per heavy atom. The molecule has 112 valence electrons. The highest BCUT2D eigenvalue weighted by Gasteiger charge is 2.08. The normalized spacial score (nSPS) is 11.4. The molecule has 22 heavy (non-hydrogen) atoms. The van der Waals surface area contributed by atoms with Crippen LogP contribution in [0, 0.1) is 6.92 Å². The monoisotopic (exact) mass is 311 g/mol. The van der Waals surface area contributed by atoms with Crippen molar-refractivity contribution in [3.05, 3.63) is 57.4 Å². The number of H-pyrrole nitrogens is 1. The lowest BCUT2D eigenvalue weighted by molar-refractivity contribution is 0.0955. The van der Waals surface area contributed by atoms with Gasteiger partial charge in [-0.1, -0.05) is 25.1 Å². The van der Waals surface area contributed by atoms with Gasteiger partial charge in [0.15, 0.2) is 0 Å². The lowest BCUT2D eigenvalue weighted by Gasteiger charge is -1.96. The average Bonchev–Trinajstić information content (AvgIpc) is 3.12. The third-order valence-electron chi connectivity index (χ3n) is 3.57. The highest BCUT2D eigenvalue weighted by molar-refractivity contribution is 7.10. The van der Waals surface area contributed by atoms with Crippen molar-refractivity contribution in [2.45, 2.75) is 20.3 Å². The Morgan fingerprint density at radius 1 is 1.41 bits per heavy atom. The molecule has 5 heteroatoms. The Balaban J connectivity index is 1.76. The Labute approximate surface area is 132 Å². The van der Waals surface area contributed by atoms with Crippen molar-refractivity contribution in [1.82, 2.24) is 10.4 Å². The number of hydrogen-bond donors (Lipinski definition) is 2. The van der Waals surface area contributed by atoms with Crippen molar-refractivity contribution in [3.63, 3.8) is 0 Å². The van der Waals surface area contributed by atoms with Crippen LogP contribution in [0.5, 0.6) is 0 Å². The molecule has 2 N–H and O–H groups in total. The van der Waals surface area contributed by atoms with E-state index in [1.807, 2.05) is 42.6 Å². The molecule has 4 nitrogen and oxygen atoms in total. The smallest absolute Gasteiger partial charge is 0.272 e. The van der Waals surface area contributed by atoms with Gasteiger partial charge < -0.3 is 4.98 Å². The number of aromatic nitrogens is 1. The number of aromatic amines is 1. The number of rotatable bonds is 4. The van der Waals surface area contributed by atoms with E-state index in [1.165, 1.54) is 4.88 Å². The maximum Gasteiger partial charge on any atom is 0.272 e. The zero-order chi connectivity index (χ0) is 15.5. The first-order valence-corrected chi connectivity index (χ1v) is 8.05. The number of amides is 1. The lowest BCUT2D eigenvalue weighted by atomic mass is 10.1. The molecule has 3 rings (SSSR count). The maximum absolute atomic E-state index is 12.0. The Bertz CT molecular complexity index is 845. The predicted molar refractivity (Wildman–Crippen MR) is 91.8 cm³/mol. The van der Waals surface area contributed by atoms with E-state index in [4.69, 9.17) is 0 Å². The van der Waals surface area contributed by atoms with E-state index in [0.717, 1.165) is 28.6 Å². The molecular formula is C17H17N3OS. The van der Waals surface area contributed by atoms with Crippen LogP contribution in [-0.4, -0.2) is 17.1 Å². The maximum atomic E-state index is 12.0. The van der Waals surface area contributed by atoms with Gasteiger partial charge in [-0.05, 0) is 25.5 Å². The molecule has 0 unspecified atom stereocenters. The van der Waals surface area contributed by atoms with Gasteiger partial charge >= 0.3 is 0 Å². The van der Waals surface area contributed by atoms with Crippen molar-refractivity contribution >= 4 is 34.4 Å². The predicted octanol–water partition coefficient (Wildman–Crippen LogP) is 3.86. The van der Waals surface area contributed by atoms with Crippen molar-refractivity contribution < 1.29 is 4.79 Å². The largest absolute Gasteiger partial charge is 0.358 e. The molecule has 0 aliphatic rings. The van der Waals surface area contributed by atoms with Crippen LogP contribution in [0.3, 0.4) is 0 Å². The summed E-state index contributed by atoms with van der Waals surface area (Å²) < 4.78 is 0. The molecule has 2 aromatic heterocycles. The number of fused-ring (bicyclic) bond motifs is 1. The third kappa shape index (κ3) is 2.80. The fourth-order valence-corrected chi connectivity index (χ4v) is 3.18. The minimum absolute atomic E-state index is 0.176. The number of thiophene rings is 1. The number of nitrogens with one attached hydrogen (secondary N) is 2. The number of nitrogens with zero attached hydrogens (tertiary/aromatic N) is 1. The van der Waals surface area contributed by atoms with Crippen LogP contribution < -0.4 is 5.43 Å². The summed E-state index contributed by atoms with van der Waals surface area (Å²) in [4.78, 5) is 16.5. The summed E-state index contributed by atoms with van der Waals surface area (Å²) in [6, 6.07) is 9.95. The summed E-state index contributed by atoms with van der Waals surface area (Å²) in [5, 5.41) is 7.06. The summed E-state index contributed by atoms with van der Waals surface area (Å²) in [5.74, 6) is -0.176. The number of carbonyl (C=O) groups is 1. The van der Waals surface area contributed by atoms with Gasteiger partial charge in [-0.3, -0.25) is 4.79 Å². The number of benzene rings is 1. The quantitative estimate of drug-likeness (QED) is 0.558. The van der Waals surface area contributed by atoms with Crippen molar-refractivity contribution in [2.75, 3.05) is 0 Å². The average molecular weight is 311 g/mol. The third-order valence-corrected chi connectivity index (χ3v) is 4.65. The second-order valence-corrected chi connectivity index (χ2v) is 6.06. The lowest BCUT2D eigenvalue weighted by Crippen LogP contribution is -2.16. The molecule has 0 saturated heterocycles. The summed E-state index contributed by atoms with van der Waals surface area (Å²) in [6.07, 6.45) is 2.63. The van der Waals surface area contributed by atoms with E-state index >= 15 is 0 Å². The van der Waals surface area contributed by atoms with Gasteiger partial charge in [0.05, 0.1) is 11.8 Å². The zero-order valence-electron chi connectivity index (χ0n) is 12.5. The van der Waals surface area contributed by atoms with E-state index in [0.29, 0.717) is 5.56 Å². The molecule has 0 atom stereocenters. The van der Waals surface area contributed by atoms with E-state index in [-0.39, 0.29) is 5.91 Å². The van der Waals surface area contributed by atoms with Crippen LogP contribution in [0.2, 0.25) is 0 Å². The molecule has 0 bridgehead atoms. The summed E-state index contributed by atoms with van der Waals surface area (Å²) in [7, 11) is 0. The first-order chi connectivity index (χ1) is 10.7. The topological polar surface area (TPSA) is 57.2 Å². The van der Waals surface area contributed by atoms with Crippen LogP contribution in [0.15, 0.2) is 40.8 Å². The van der Waals surface area contributed by atoms with Crippen LogP contribution in [0.4, 0.5) is 0 Å². The first kappa shape index (κ1) is 14.5. The minimum Gasteiger partial charge on any atom is -0.358 e. The van der Waals surface area contributed by atoms with E-state index in [2.05, 4.69) is 22.4 Å². The molecule has 0 aliphatic heterocycles. The van der Waals surface area contributed by atoms with Crippen LogP contribution in [0.25, 0.3) is 10.9 Å². The summed E-state index contributed by atoms with van der Waals surface area (Å²) in [5.41, 5.74) is 6.35. The number of hydrogen-bond acceptors (Lipinski definition) is 3. The van der Waals surface area contributed by atoms with Gasteiger partial charge in [-0.15, -0.1) is 11.3 Å². The SMILES string of the molecule is CCc1cc(C(=O)N/N=C/c2c(C)[nH]c3ccccc23)cs1. The van der Waals surface area contributed by atoms with Gasteiger partial charge in [0.25, 0.3) is 5.91 Å². The Hall–Kier alpha value is -2.40. The summed E-state index contributed by atoms with van der Waals surface area (Å²) >= 11 is 1.60. The molecule has 2 heterocycles. The molecule has 1 aromatic carbocycles. The molecule has 3 aromatic rings. The van der Waals surface area contributed by atoms with Crippen LogP contribution >= 0.6 is 11.3 Å². The highest BCUT2D eigenvalue weighted by atomic mass is 32.1. The Kier molecular flexibility index (Phi) is 4.06. The fourth-order valence-electron chi connectivity index (χ4n) is 2.37. The molecule has 0 fully saturated rings. The van der Waals surface area contributed by atoms with Gasteiger partial charge in [0.2, 0.25) is 0 Å². The molecular weight excluding hydrogens is 294 g/mol. The highest BCUT2D eigenvalue weighted by Crippen LogP contribution is 2.20. The van der Waals surface area contributed by atoms with Crippen molar-refractivity contribution in [2.24, 2.45) is 5.10 Å². The van der Waals surface area contributed by atoms with E-state index in [9.17, 15) is 4.79 Å². The summed E-state index contributed by atoms with van der Waals surface area (Å²) in [6.45, 7) is 4.07. The second-order valence-electron chi connectivity index (χ2n) is 5.06. The van der Waals surface area contributed by atoms with Crippen molar-refractivity contribution in [3.8, 4) is 0 Å². The molecule has 0 radical (unpaired) electrons. The van der Waals surface area contributed by atoms with Gasteiger partial charge in [-0.2, -0.15) is 5.10 Å². The Morgan fingerprint density at radius 2 is 2.23 bits per heavy atom. The fraction of sp³-hybridized carbons (Fsp3) is 0.176. The number of para-hydroxylation sites is 1. The van der Waals surface area contributed by atoms with Crippen molar-refractivity contribution in [1.29, 1.82) is 0 Å². The number of carbonyl (C=O) groups excluding carboxylic acids is 1. The van der Waals surface area contributed by atoms with Crippen LogP contribution in [-0.2, 0) is 6.42 Å². The van der Waals surface area contributed by atoms with E-state index < -0.39 is 0 Å². The standard InChI is InChI=1S/C17H17N3OS/c1-3-13-8-12(10-22-13)17(21)20-18-9-15-11(2)19-16-7-5-4-6-14(15)16/h4-10,19H,3H2,1-2H3,(H,20,21)/b18-9+. The van der Waals surface area contributed by atoms with Crippen LogP contribution in [0.1, 0.15) is 33.4 Å². The van der Waals surface area contributed by atoms with Gasteiger partial charge in [0, 0.05) is 32.4 Å².